The van der Waals surface area contributed by atoms with Gasteiger partial charge in [-0.3, -0.25) is 9.59 Å². The lowest BCUT2D eigenvalue weighted by molar-refractivity contribution is -0.117. The number of pyridine rings is 1. The number of nitrogens with one attached hydrogen (secondary N) is 2. The maximum absolute atomic E-state index is 11.5. The molecule has 5 heteroatoms. The van der Waals surface area contributed by atoms with Crippen LogP contribution in [0.5, 0.6) is 0 Å². The third-order valence-corrected chi connectivity index (χ3v) is 1.97. The van der Waals surface area contributed by atoms with Gasteiger partial charge in [0.15, 0.2) is 0 Å². The van der Waals surface area contributed by atoms with Gasteiger partial charge in [0.25, 0.3) is 5.56 Å². The van der Waals surface area contributed by atoms with Crippen LogP contribution in [0.4, 0.5) is 5.69 Å². The van der Waals surface area contributed by atoms with E-state index in [0.717, 1.165) is 0 Å². The van der Waals surface area contributed by atoms with Crippen LogP contribution in [0.3, 0.4) is 0 Å². The van der Waals surface area contributed by atoms with Crippen LogP contribution in [0.15, 0.2) is 23.1 Å². The Balaban J connectivity index is 2.86. The first kappa shape index (κ1) is 11.0. The van der Waals surface area contributed by atoms with E-state index in [0.29, 0.717) is 0 Å². The third kappa shape index (κ3) is 2.70. The Kier molecular flexibility index (Phi) is 3.10. The highest BCUT2D eigenvalue weighted by molar-refractivity contribution is 9.10. The number of halogens is 1. The van der Waals surface area contributed by atoms with E-state index in [-0.39, 0.29) is 17.2 Å². The zero-order valence-electron chi connectivity index (χ0n) is 7.93. The molecule has 1 aromatic rings. The quantitative estimate of drug-likeness (QED) is 0.790. The van der Waals surface area contributed by atoms with Crippen molar-refractivity contribution >= 4 is 27.5 Å². The van der Waals surface area contributed by atoms with E-state index in [4.69, 9.17) is 0 Å². The van der Waals surface area contributed by atoms with Crippen molar-refractivity contribution in [1.82, 2.24) is 4.98 Å². The Morgan fingerprint density at radius 1 is 1.57 bits per heavy atom. The average molecular weight is 259 g/mol. The van der Waals surface area contributed by atoms with Crippen molar-refractivity contribution in [3.05, 3.63) is 28.7 Å². The molecule has 0 fully saturated rings. The molecule has 0 unspecified atom stereocenters. The van der Waals surface area contributed by atoms with E-state index in [1.165, 1.54) is 6.20 Å². The van der Waals surface area contributed by atoms with Crippen LogP contribution < -0.4 is 10.9 Å². The second kappa shape index (κ2) is 3.96. The van der Waals surface area contributed by atoms with Gasteiger partial charge in [-0.15, -0.1) is 0 Å². The number of amides is 1. The Morgan fingerprint density at radius 2 is 2.21 bits per heavy atom. The number of aromatic amines is 1. The molecular weight excluding hydrogens is 248 g/mol. The summed E-state index contributed by atoms with van der Waals surface area (Å²) in [5.41, 5.74) is -0.0531. The minimum absolute atomic E-state index is 0.255. The van der Waals surface area contributed by atoms with E-state index >= 15 is 0 Å². The number of alkyl halides is 1. The fourth-order valence-corrected chi connectivity index (χ4v) is 0.890. The fourth-order valence-electron chi connectivity index (χ4n) is 0.791. The Morgan fingerprint density at radius 3 is 2.71 bits per heavy atom. The van der Waals surface area contributed by atoms with Gasteiger partial charge in [0, 0.05) is 6.20 Å². The van der Waals surface area contributed by atoms with E-state index in [1.54, 1.807) is 26.0 Å². The standard InChI is InChI=1S/C9H11BrN2O2/c1-9(2,10)8(14)12-6-4-3-5-11-7(6)13/h3-5H,1-2H3,(H,11,13)(H,12,14). The highest BCUT2D eigenvalue weighted by Crippen LogP contribution is 2.17. The van der Waals surface area contributed by atoms with Gasteiger partial charge >= 0.3 is 0 Å². The molecule has 2 N–H and O–H groups in total. The molecule has 4 nitrogen and oxygen atoms in total. The second-order valence-corrected chi connectivity index (χ2v) is 5.32. The maximum atomic E-state index is 11.5. The smallest absolute Gasteiger partial charge is 0.271 e. The molecule has 76 valence electrons. The minimum Gasteiger partial charge on any atom is -0.327 e. The van der Waals surface area contributed by atoms with Gasteiger partial charge in [0.05, 0.1) is 4.32 Å². The van der Waals surface area contributed by atoms with Gasteiger partial charge in [-0.25, -0.2) is 0 Å². The summed E-state index contributed by atoms with van der Waals surface area (Å²) in [4.78, 5) is 25.1. The lowest BCUT2D eigenvalue weighted by atomic mass is 10.2. The van der Waals surface area contributed by atoms with Gasteiger partial charge in [-0.05, 0) is 26.0 Å². The normalized spacial score (nSPS) is 11.1. The number of rotatable bonds is 2. The molecular formula is C9H11BrN2O2. The summed E-state index contributed by atoms with van der Waals surface area (Å²) in [5.74, 6) is -0.255. The van der Waals surface area contributed by atoms with Gasteiger partial charge in [-0.2, -0.15) is 0 Å². The van der Waals surface area contributed by atoms with E-state index in [9.17, 15) is 9.59 Å². The van der Waals surface area contributed by atoms with Crippen LogP contribution in [0.1, 0.15) is 13.8 Å². The maximum Gasteiger partial charge on any atom is 0.271 e. The number of anilines is 1. The Hall–Kier alpha value is -1.10. The highest BCUT2D eigenvalue weighted by atomic mass is 79.9. The summed E-state index contributed by atoms with van der Waals surface area (Å²) < 4.78 is -0.685. The SMILES string of the molecule is CC(C)(Br)C(=O)Nc1ccc[nH]c1=O. The molecule has 1 rings (SSSR count). The molecule has 0 aromatic carbocycles. The fraction of sp³-hybridized carbons (Fsp3) is 0.333. The van der Waals surface area contributed by atoms with E-state index in [1.807, 2.05) is 0 Å². The largest absolute Gasteiger partial charge is 0.327 e. The molecule has 0 radical (unpaired) electrons. The number of carbonyl (C=O) groups is 1. The van der Waals surface area contributed by atoms with Gasteiger partial charge in [0.2, 0.25) is 5.91 Å². The zero-order valence-corrected chi connectivity index (χ0v) is 9.51. The Labute approximate surface area is 89.9 Å². The first-order chi connectivity index (χ1) is 6.41. The lowest BCUT2D eigenvalue weighted by Gasteiger charge is -2.14. The van der Waals surface area contributed by atoms with Crippen LogP contribution in [-0.2, 0) is 4.79 Å². The molecule has 0 aliphatic rings. The number of H-pyrrole nitrogens is 1. The topological polar surface area (TPSA) is 62.0 Å². The van der Waals surface area contributed by atoms with E-state index in [2.05, 4.69) is 26.2 Å². The summed E-state index contributed by atoms with van der Waals surface area (Å²) in [6.45, 7) is 3.42. The van der Waals surface area contributed by atoms with Crippen molar-refractivity contribution in [1.29, 1.82) is 0 Å². The molecule has 0 aliphatic heterocycles. The van der Waals surface area contributed by atoms with Gasteiger partial charge in [0.1, 0.15) is 5.69 Å². The van der Waals surface area contributed by atoms with E-state index < -0.39 is 4.32 Å². The van der Waals surface area contributed by atoms with Crippen LogP contribution in [0.25, 0.3) is 0 Å². The van der Waals surface area contributed by atoms with Crippen LogP contribution >= 0.6 is 15.9 Å². The summed E-state index contributed by atoms with van der Waals surface area (Å²) >= 11 is 3.20. The molecule has 14 heavy (non-hydrogen) atoms. The molecule has 1 aromatic heterocycles. The molecule has 0 atom stereocenters. The van der Waals surface area contributed by atoms with Crippen molar-refractivity contribution in [2.75, 3.05) is 5.32 Å². The van der Waals surface area contributed by atoms with Crippen molar-refractivity contribution in [3.8, 4) is 0 Å². The molecule has 0 bridgehead atoms. The lowest BCUT2D eigenvalue weighted by Crippen LogP contribution is -2.33. The number of hydrogen-bond donors (Lipinski definition) is 2. The molecule has 1 heterocycles. The van der Waals surface area contributed by atoms with Gasteiger partial charge < -0.3 is 10.3 Å². The summed E-state index contributed by atoms with van der Waals surface area (Å²) in [5, 5.41) is 2.52. The van der Waals surface area contributed by atoms with Crippen molar-refractivity contribution in [2.24, 2.45) is 0 Å². The van der Waals surface area contributed by atoms with Crippen LogP contribution in [-0.4, -0.2) is 15.2 Å². The second-order valence-electron chi connectivity index (χ2n) is 3.34. The molecule has 0 saturated carbocycles. The van der Waals surface area contributed by atoms with Crippen molar-refractivity contribution in [3.63, 3.8) is 0 Å². The molecule has 0 aliphatic carbocycles. The first-order valence-corrected chi connectivity index (χ1v) is 4.88. The monoisotopic (exact) mass is 258 g/mol. The van der Waals surface area contributed by atoms with Crippen LogP contribution in [0.2, 0.25) is 0 Å². The van der Waals surface area contributed by atoms with Gasteiger partial charge in [-0.1, -0.05) is 15.9 Å². The molecule has 1 amide bonds. The number of carbonyl (C=O) groups excluding carboxylic acids is 1. The summed E-state index contributed by atoms with van der Waals surface area (Å²) in [6, 6.07) is 3.20. The third-order valence-electron chi connectivity index (χ3n) is 1.61. The first-order valence-electron chi connectivity index (χ1n) is 4.09. The Bertz CT molecular complexity index is 392. The highest BCUT2D eigenvalue weighted by Gasteiger charge is 2.23. The van der Waals surface area contributed by atoms with Crippen molar-refractivity contribution in [2.45, 2.75) is 18.2 Å². The van der Waals surface area contributed by atoms with Crippen molar-refractivity contribution < 1.29 is 4.79 Å². The summed E-state index contributed by atoms with van der Waals surface area (Å²) in [6.07, 6.45) is 1.51. The minimum atomic E-state index is -0.685. The average Bonchev–Trinajstić information content (AvgIpc) is 2.07. The predicted molar refractivity (Wildman–Crippen MR) is 58.7 cm³/mol. The number of aromatic nitrogens is 1. The molecule has 0 saturated heterocycles. The summed E-state index contributed by atoms with van der Waals surface area (Å²) in [7, 11) is 0. The zero-order chi connectivity index (χ0) is 10.8. The molecule has 0 spiro atoms. The van der Waals surface area contributed by atoms with Crippen LogP contribution in [0, 0.1) is 0 Å². The number of hydrogen-bond acceptors (Lipinski definition) is 2. The predicted octanol–water partition coefficient (Wildman–Crippen LogP) is 1.49.